The van der Waals surface area contributed by atoms with Crippen molar-refractivity contribution in [2.45, 2.75) is 71.1 Å². The van der Waals surface area contributed by atoms with E-state index in [-0.39, 0.29) is 58.0 Å². The number of unbranched alkanes of at least 4 members (excludes halogenated alkanes) is 9. The van der Waals surface area contributed by atoms with E-state index < -0.39 is 7.82 Å². The van der Waals surface area contributed by atoms with E-state index in [1.54, 1.807) is 0 Å². The van der Waals surface area contributed by atoms with E-state index in [0.717, 1.165) is 19.3 Å². The number of phosphoric ester groups is 1. The van der Waals surface area contributed by atoms with Crippen LogP contribution in [0.3, 0.4) is 0 Å². The van der Waals surface area contributed by atoms with Gasteiger partial charge in [-0.15, -0.1) is 0 Å². The zero-order chi connectivity index (χ0) is 13.0. The van der Waals surface area contributed by atoms with Crippen LogP contribution >= 0.6 is 7.82 Å². The van der Waals surface area contributed by atoms with E-state index in [4.69, 9.17) is 9.79 Å². The van der Waals surface area contributed by atoms with Crippen LogP contribution in [0.4, 0.5) is 0 Å². The van der Waals surface area contributed by atoms with Gasteiger partial charge in [-0.1, -0.05) is 64.7 Å². The fourth-order valence-electron chi connectivity index (χ4n) is 1.77. The Balaban J connectivity index is 0. The van der Waals surface area contributed by atoms with E-state index in [9.17, 15) is 4.57 Å². The zero-order valence-corrected chi connectivity index (χ0v) is 11.8. The third-order valence-corrected chi connectivity index (χ3v) is 3.28. The normalized spacial score (nSPS) is 11.3. The molecule has 0 aliphatic rings. The molecule has 0 atom stereocenters. The summed E-state index contributed by atoms with van der Waals surface area (Å²) < 4.78 is 14.7. The van der Waals surface area contributed by atoms with Gasteiger partial charge in [-0.2, -0.15) is 0 Å². The van der Waals surface area contributed by atoms with E-state index in [0.29, 0.717) is 0 Å². The molecule has 0 aromatic heterocycles. The summed E-state index contributed by atoms with van der Waals surface area (Å²) in [5.41, 5.74) is 0. The molecule has 0 heterocycles. The Bertz CT molecular complexity index is 208. The van der Waals surface area contributed by atoms with E-state index >= 15 is 0 Å². The summed E-state index contributed by atoms with van der Waals surface area (Å²) in [6.45, 7) is 2.39. The molecule has 0 amide bonds. The van der Waals surface area contributed by atoms with E-state index in [1.807, 2.05) is 0 Å². The number of phosphoric acid groups is 1. The van der Waals surface area contributed by atoms with Crippen LogP contribution in [0.25, 0.3) is 0 Å². The third-order valence-electron chi connectivity index (χ3n) is 2.76. The molecular formula is C12H28KO4P. The molecule has 0 saturated carbocycles. The molecule has 0 aliphatic carbocycles. The molecule has 0 fully saturated rings. The SMILES string of the molecule is CCCCCCCCCCCCOP(=O)(O)O.[KH]. The Morgan fingerprint density at radius 2 is 1.22 bits per heavy atom. The molecule has 0 bridgehead atoms. The molecule has 2 N–H and O–H groups in total. The molecule has 0 aromatic rings. The van der Waals surface area contributed by atoms with Gasteiger partial charge < -0.3 is 9.79 Å². The number of hydrogen-bond acceptors (Lipinski definition) is 2. The van der Waals surface area contributed by atoms with Gasteiger partial charge in [0.05, 0.1) is 6.61 Å². The number of hydrogen-bond donors (Lipinski definition) is 2. The first kappa shape index (κ1) is 22.0. The minimum atomic E-state index is -4.24. The van der Waals surface area contributed by atoms with Crippen molar-refractivity contribution in [1.82, 2.24) is 0 Å². The first-order chi connectivity index (χ1) is 8.06. The average Bonchev–Trinajstić information content (AvgIpc) is 2.24. The van der Waals surface area contributed by atoms with Crippen LogP contribution in [0.2, 0.25) is 0 Å². The van der Waals surface area contributed by atoms with Crippen molar-refractivity contribution in [3.05, 3.63) is 0 Å². The van der Waals surface area contributed by atoms with E-state index in [2.05, 4.69) is 11.4 Å². The summed E-state index contributed by atoms with van der Waals surface area (Å²) in [6.07, 6.45) is 12.0. The predicted octanol–water partition coefficient (Wildman–Crippen LogP) is 3.37. The van der Waals surface area contributed by atoms with E-state index in [1.165, 1.54) is 44.9 Å². The van der Waals surface area contributed by atoms with Crippen molar-refractivity contribution < 1.29 is 18.9 Å². The molecule has 0 saturated heterocycles. The maximum atomic E-state index is 10.4. The fourth-order valence-corrected chi connectivity index (χ4v) is 2.14. The van der Waals surface area contributed by atoms with Gasteiger partial charge in [0, 0.05) is 0 Å². The number of rotatable bonds is 12. The van der Waals surface area contributed by atoms with Gasteiger partial charge in [0.15, 0.2) is 0 Å². The van der Waals surface area contributed by atoms with Gasteiger partial charge in [-0.25, -0.2) is 4.57 Å². The summed E-state index contributed by atoms with van der Waals surface area (Å²) in [5, 5.41) is 0. The molecule has 0 rings (SSSR count). The zero-order valence-electron chi connectivity index (χ0n) is 10.9. The molecule has 0 unspecified atom stereocenters. The van der Waals surface area contributed by atoms with Crippen molar-refractivity contribution >= 4 is 59.2 Å². The maximum absolute atomic E-state index is 10.4. The summed E-state index contributed by atoms with van der Waals surface area (Å²) >= 11 is 0. The second-order valence-corrected chi connectivity index (χ2v) is 5.75. The van der Waals surface area contributed by atoms with Crippen molar-refractivity contribution in [2.24, 2.45) is 0 Å². The molecule has 0 radical (unpaired) electrons. The van der Waals surface area contributed by atoms with Crippen LogP contribution < -0.4 is 0 Å². The van der Waals surface area contributed by atoms with Gasteiger partial charge in [0.25, 0.3) is 0 Å². The molecule has 0 spiro atoms. The van der Waals surface area contributed by atoms with Gasteiger partial charge >= 0.3 is 59.2 Å². The Hall–Kier alpha value is 1.75. The molecular weight excluding hydrogens is 278 g/mol. The molecule has 4 nitrogen and oxygen atoms in total. The van der Waals surface area contributed by atoms with Crippen LogP contribution in [0.5, 0.6) is 0 Å². The Labute approximate surface area is 154 Å². The summed E-state index contributed by atoms with van der Waals surface area (Å²) in [4.78, 5) is 16.9. The van der Waals surface area contributed by atoms with Crippen LogP contribution in [-0.2, 0) is 9.09 Å². The molecule has 106 valence electrons. The first-order valence-corrected chi connectivity index (χ1v) is 8.29. The third kappa shape index (κ3) is 20.1. The Morgan fingerprint density at radius 1 is 0.833 bits per heavy atom. The molecule has 6 heteroatoms. The first-order valence-electron chi connectivity index (χ1n) is 6.76. The quantitative estimate of drug-likeness (QED) is 0.329. The van der Waals surface area contributed by atoms with Crippen LogP contribution in [0.15, 0.2) is 0 Å². The van der Waals surface area contributed by atoms with Gasteiger partial charge in [0.2, 0.25) is 0 Å². The second kappa shape index (κ2) is 15.1. The summed E-state index contributed by atoms with van der Waals surface area (Å²) in [5.74, 6) is 0. The van der Waals surface area contributed by atoms with Crippen molar-refractivity contribution in [1.29, 1.82) is 0 Å². The summed E-state index contributed by atoms with van der Waals surface area (Å²) in [6, 6.07) is 0. The second-order valence-electron chi connectivity index (χ2n) is 4.51. The van der Waals surface area contributed by atoms with Crippen molar-refractivity contribution in [3.8, 4) is 0 Å². The molecule has 0 aliphatic heterocycles. The fraction of sp³-hybridized carbons (Fsp3) is 1.00. The standard InChI is InChI=1S/C12H27O4P.K.H/c1-2-3-4-5-6-7-8-9-10-11-12-16-17(13,14)15;;/h2-12H2,1H3,(H2,13,14,15);;. The average molecular weight is 306 g/mol. The van der Waals surface area contributed by atoms with Gasteiger partial charge in [0.1, 0.15) is 0 Å². The van der Waals surface area contributed by atoms with Crippen LogP contribution in [0, 0.1) is 0 Å². The van der Waals surface area contributed by atoms with Crippen molar-refractivity contribution in [2.75, 3.05) is 6.61 Å². The van der Waals surface area contributed by atoms with Crippen molar-refractivity contribution in [3.63, 3.8) is 0 Å². The monoisotopic (exact) mass is 306 g/mol. The van der Waals surface area contributed by atoms with Gasteiger partial charge in [-0.05, 0) is 6.42 Å². The minimum absolute atomic E-state index is 0. The topological polar surface area (TPSA) is 66.8 Å². The van der Waals surface area contributed by atoms with Gasteiger partial charge in [-0.3, -0.25) is 4.52 Å². The predicted molar refractivity (Wildman–Crippen MR) is 77.0 cm³/mol. The molecule has 0 aromatic carbocycles. The molecule has 18 heavy (non-hydrogen) atoms. The Kier molecular flexibility index (Phi) is 18.5. The van der Waals surface area contributed by atoms with Crippen LogP contribution in [-0.4, -0.2) is 67.8 Å². The summed E-state index contributed by atoms with van der Waals surface area (Å²) in [7, 11) is -4.24. The Morgan fingerprint density at radius 3 is 1.61 bits per heavy atom. The van der Waals surface area contributed by atoms with Crippen LogP contribution in [0.1, 0.15) is 71.1 Å².